The Balaban J connectivity index is 2.52. The van der Waals surface area contributed by atoms with Crippen molar-refractivity contribution < 1.29 is 18.3 Å². The summed E-state index contributed by atoms with van der Waals surface area (Å²) >= 11 is 0. The van der Waals surface area contributed by atoms with Crippen LogP contribution in [-0.4, -0.2) is 43.4 Å². The average molecular weight is 292 g/mol. The second-order valence-electron chi connectivity index (χ2n) is 5.55. The monoisotopic (exact) mass is 292 g/mol. The van der Waals surface area contributed by atoms with Crippen molar-refractivity contribution in [2.75, 3.05) is 13.6 Å². The van der Waals surface area contributed by atoms with E-state index >= 15 is 0 Å². The topological polar surface area (TPSA) is 86.7 Å². The Morgan fingerprint density at radius 3 is 2.47 bits per heavy atom. The second kappa shape index (κ2) is 6.67. The number of rotatable bonds is 6. The number of carboxylic acids is 1. The van der Waals surface area contributed by atoms with E-state index in [1.165, 1.54) is 7.05 Å². The molecule has 19 heavy (non-hydrogen) atoms. The summed E-state index contributed by atoms with van der Waals surface area (Å²) in [6.07, 6.45) is 2.52. The highest BCUT2D eigenvalue weighted by Gasteiger charge is 2.29. The Morgan fingerprint density at radius 1 is 1.32 bits per heavy atom. The fraction of sp³-hybridized carbons (Fsp3) is 0.917. The molecule has 112 valence electrons. The molecule has 0 aliphatic heterocycles. The molecule has 2 N–H and O–H groups in total. The lowest BCUT2D eigenvalue weighted by atomic mass is 9.79. The Hall–Kier alpha value is -0.660. The lowest BCUT2D eigenvalue weighted by Gasteiger charge is -2.33. The van der Waals surface area contributed by atoms with Crippen LogP contribution in [0.2, 0.25) is 0 Å². The van der Waals surface area contributed by atoms with Gasteiger partial charge in [-0.25, -0.2) is 0 Å². The number of carboxylic acid groups (broad SMARTS) is 1. The highest BCUT2D eigenvalue weighted by Crippen LogP contribution is 2.29. The van der Waals surface area contributed by atoms with Gasteiger partial charge in [-0.2, -0.15) is 17.4 Å². The van der Waals surface area contributed by atoms with Crippen LogP contribution in [0.3, 0.4) is 0 Å². The molecule has 1 rings (SSSR count). The molecule has 0 spiro atoms. The molecule has 0 aromatic carbocycles. The molecule has 3 unspecified atom stereocenters. The van der Waals surface area contributed by atoms with Crippen molar-refractivity contribution in [3.8, 4) is 0 Å². The minimum absolute atomic E-state index is 0.0106. The summed E-state index contributed by atoms with van der Waals surface area (Å²) in [5.74, 6) is 0.137. The predicted octanol–water partition coefficient (Wildman–Crippen LogP) is 1.05. The SMILES string of the molecule is CC1CCC(NS(=O)(=O)N(C)CCC(=O)O)CC1C. The first-order valence-corrected chi connectivity index (χ1v) is 8.11. The molecule has 0 radical (unpaired) electrons. The Morgan fingerprint density at radius 2 is 1.95 bits per heavy atom. The zero-order valence-electron chi connectivity index (χ0n) is 11.8. The fourth-order valence-corrected chi connectivity index (χ4v) is 3.48. The maximum absolute atomic E-state index is 12.0. The molecule has 0 aromatic heterocycles. The molecule has 0 saturated heterocycles. The van der Waals surface area contributed by atoms with Gasteiger partial charge in [0.1, 0.15) is 0 Å². The zero-order valence-corrected chi connectivity index (χ0v) is 12.6. The van der Waals surface area contributed by atoms with Crippen molar-refractivity contribution in [3.05, 3.63) is 0 Å². The van der Waals surface area contributed by atoms with Gasteiger partial charge >= 0.3 is 5.97 Å². The zero-order chi connectivity index (χ0) is 14.6. The van der Waals surface area contributed by atoms with Crippen LogP contribution in [0.15, 0.2) is 0 Å². The molecule has 3 atom stereocenters. The molecule has 0 bridgehead atoms. The van der Waals surface area contributed by atoms with Crippen LogP contribution in [0.4, 0.5) is 0 Å². The average Bonchev–Trinajstić information content (AvgIpc) is 2.30. The second-order valence-corrected chi connectivity index (χ2v) is 7.36. The smallest absolute Gasteiger partial charge is 0.304 e. The van der Waals surface area contributed by atoms with Gasteiger partial charge in [-0.15, -0.1) is 0 Å². The molecule has 1 saturated carbocycles. The maximum atomic E-state index is 12.0. The van der Waals surface area contributed by atoms with Crippen molar-refractivity contribution in [1.82, 2.24) is 9.03 Å². The van der Waals surface area contributed by atoms with E-state index in [0.717, 1.165) is 23.6 Å². The number of hydrogen-bond donors (Lipinski definition) is 2. The molecule has 6 nitrogen and oxygen atoms in total. The van der Waals surface area contributed by atoms with Gasteiger partial charge in [-0.05, 0) is 31.1 Å². The third-order valence-electron chi connectivity index (χ3n) is 3.96. The fourth-order valence-electron chi connectivity index (χ4n) is 2.33. The Kier molecular flexibility index (Phi) is 5.76. The summed E-state index contributed by atoms with van der Waals surface area (Å²) in [5, 5.41) is 8.57. The summed E-state index contributed by atoms with van der Waals surface area (Å²) < 4.78 is 27.8. The van der Waals surface area contributed by atoms with E-state index in [4.69, 9.17) is 5.11 Å². The molecule has 1 aliphatic rings. The maximum Gasteiger partial charge on any atom is 0.304 e. The van der Waals surface area contributed by atoms with Crippen LogP contribution in [0.1, 0.15) is 39.5 Å². The molecular weight excluding hydrogens is 268 g/mol. The lowest BCUT2D eigenvalue weighted by Crippen LogP contribution is -2.46. The molecule has 7 heteroatoms. The Labute approximate surface area is 115 Å². The van der Waals surface area contributed by atoms with E-state index in [0.29, 0.717) is 11.8 Å². The molecule has 0 heterocycles. The number of nitrogens with zero attached hydrogens (tertiary/aromatic N) is 1. The van der Waals surface area contributed by atoms with E-state index in [9.17, 15) is 13.2 Å². The first kappa shape index (κ1) is 16.4. The van der Waals surface area contributed by atoms with Gasteiger partial charge in [0.25, 0.3) is 10.2 Å². The van der Waals surface area contributed by atoms with Crippen molar-refractivity contribution in [1.29, 1.82) is 0 Å². The largest absolute Gasteiger partial charge is 0.481 e. The van der Waals surface area contributed by atoms with Crippen LogP contribution in [0, 0.1) is 11.8 Å². The van der Waals surface area contributed by atoms with Gasteiger partial charge in [0.15, 0.2) is 0 Å². The normalized spacial score (nSPS) is 28.5. The van der Waals surface area contributed by atoms with Gasteiger partial charge in [-0.3, -0.25) is 4.79 Å². The van der Waals surface area contributed by atoms with Crippen LogP contribution in [-0.2, 0) is 15.0 Å². The van der Waals surface area contributed by atoms with Gasteiger partial charge < -0.3 is 5.11 Å². The van der Waals surface area contributed by atoms with E-state index < -0.39 is 16.2 Å². The van der Waals surface area contributed by atoms with Crippen LogP contribution >= 0.6 is 0 Å². The van der Waals surface area contributed by atoms with E-state index in [2.05, 4.69) is 18.6 Å². The first-order chi connectivity index (χ1) is 8.72. The molecule has 1 aliphatic carbocycles. The highest BCUT2D eigenvalue weighted by molar-refractivity contribution is 7.87. The molecular formula is C12H24N2O4S. The Bertz CT molecular complexity index is 410. The third-order valence-corrected chi connectivity index (χ3v) is 5.60. The molecule has 0 aromatic rings. The number of nitrogens with one attached hydrogen (secondary N) is 1. The van der Waals surface area contributed by atoms with Crippen molar-refractivity contribution in [2.45, 2.75) is 45.6 Å². The summed E-state index contributed by atoms with van der Waals surface area (Å²) in [4.78, 5) is 10.5. The summed E-state index contributed by atoms with van der Waals surface area (Å²) in [5.41, 5.74) is 0. The van der Waals surface area contributed by atoms with Gasteiger partial charge in [0, 0.05) is 19.6 Å². The number of aliphatic carboxylic acids is 1. The van der Waals surface area contributed by atoms with Crippen LogP contribution < -0.4 is 4.72 Å². The minimum atomic E-state index is -3.58. The van der Waals surface area contributed by atoms with Crippen LogP contribution in [0.25, 0.3) is 0 Å². The van der Waals surface area contributed by atoms with E-state index in [1.807, 2.05) is 0 Å². The third kappa shape index (κ3) is 5.08. The van der Waals surface area contributed by atoms with Crippen molar-refractivity contribution in [2.24, 2.45) is 11.8 Å². The number of carbonyl (C=O) groups is 1. The van der Waals surface area contributed by atoms with E-state index in [-0.39, 0.29) is 19.0 Å². The van der Waals surface area contributed by atoms with E-state index in [1.54, 1.807) is 0 Å². The molecule has 1 fully saturated rings. The lowest BCUT2D eigenvalue weighted by molar-refractivity contribution is -0.137. The quantitative estimate of drug-likeness (QED) is 0.766. The van der Waals surface area contributed by atoms with Crippen LogP contribution in [0.5, 0.6) is 0 Å². The van der Waals surface area contributed by atoms with Gasteiger partial charge in [0.05, 0.1) is 6.42 Å². The molecule has 0 amide bonds. The van der Waals surface area contributed by atoms with Crippen molar-refractivity contribution >= 4 is 16.2 Å². The standard InChI is InChI=1S/C12H24N2O4S/c1-9-4-5-11(8-10(9)2)13-19(17,18)14(3)7-6-12(15)16/h9-11,13H,4-8H2,1-3H3,(H,15,16). The summed E-state index contributed by atoms with van der Waals surface area (Å²) in [7, 11) is -2.17. The minimum Gasteiger partial charge on any atom is -0.481 e. The highest BCUT2D eigenvalue weighted by atomic mass is 32.2. The van der Waals surface area contributed by atoms with Gasteiger partial charge in [-0.1, -0.05) is 13.8 Å². The summed E-state index contributed by atoms with van der Waals surface area (Å²) in [6, 6.07) is -0.0384. The number of hydrogen-bond acceptors (Lipinski definition) is 3. The van der Waals surface area contributed by atoms with Crippen molar-refractivity contribution in [3.63, 3.8) is 0 Å². The summed E-state index contributed by atoms with van der Waals surface area (Å²) in [6.45, 7) is 4.32. The predicted molar refractivity (Wildman–Crippen MR) is 72.9 cm³/mol. The van der Waals surface area contributed by atoms with Gasteiger partial charge in [0.2, 0.25) is 0 Å². The first-order valence-electron chi connectivity index (χ1n) is 6.67.